The van der Waals surface area contributed by atoms with Crippen LogP contribution in [-0.4, -0.2) is 11.2 Å². The third-order valence-electron chi connectivity index (χ3n) is 4.47. The van der Waals surface area contributed by atoms with Crippen molar-refractivity contribution in [2.24, 2.45) is 23.7 Å². The second-order valence-electron chi connectivity index (χ2n) is 5.06. The number of aliphatic hydroxyl groups excluding tert-OH is 1. The van der Waals surface area contributed by atoms with Gasteiger partial charge in [0.1, 0.15) is 0 Å². The van der Waals surface area contributed by atoms with Gasteiger partial charge in [-0.25, -0.2) is 0 Å². The SMILES string of the molecule is OC1CC2CC=CC3CCCC1C32. The molecule has 5 atom stereocenters. The number of allylic oxidation sites excluding steroid dienone is 2. The molecule has 0 spiro atoms. The van der Waals surface area contributed by atoms with Gasteiger partial charge in [-0.1, -0.05) is 18.6 Å². The Labute approximate surface area is 79.8 Å². The first kappa shape index (κ1) is 8.05. The van der Waals surface area contributed by atoms with Crippen molar-refractivity contribution in [2.75, 3.05) is 0 Å². The molecule has 5 unspecified atom stereocenters. The lowest BCUT2D eigenvalue weighted by atomic mass is 9.67. The largest absolute Gasteiger partial charge is 0.393 e. The molecular weight excluding hydrogens is 160 g/mol. The molecule has 3 aliphatic carbocycles. The summed E-state index contributed by atoms with van der Waals surface area (Å²) in [6.07, 6.45) is 11.1. The Morgan fingerprint density at radius 3 is 3.08 bits per heavy atom. The minimum Gasteiger partial charge on any atom is -0.393 e. The summed E-state index contributed by atoms with van der Waals surface area (Å²) in [7, 11) is 0. The van der Waals surface area contributed by atoms with Crippen LogP contribution in [0.3, 0.4) is 0 Å². The maximum Gasteiger partial charge on any atom is 0.0574 e. The van der Waals surface area contributed by atoms with E-state index in [0.717, 1.165) is 24.2 Å². The van der Waals surface area contributed by atoms with Crippen molar-refractivity contribution >= 4 is 0 Å². The molecule has 72 valence electrons. The van der Waals surface area contributed by atoms with E-state index in [1.165, 1.54) is 25.7 Å². The topological polar surface area (TPSA) is 20.2 Å². The van der Waals surface area contributed by atoms with Crippen LogP contribution in [0.4, 0.5) is 0 Å². The molecule has 1 nitrogen and oxygen atoms in total. The second kappa shape index (κ2) is 2.84. The van der Waals surface area contributed by atoms with E-state index < -0.39 is 0 Å². The molecule has 0 aromatic rings. The summed E-state index contributed by atoms with van der Waals surface area (Å²) in [5.41, 5.74) is 0. The van der Waals surface area contributed by atoms with E-state index in [1.807, 2.05) is 0 Å². The zero-order valence-electron chi connectivity index (χ0n) is 8.02. The van der Waals surface area contributed by atoms with Crippen molar-refractivity contribution in [3.63, 3.8) is 0 Å². The van der Waals surface area contributed by atoms with Crippen LogP contribution in [0.2, 0.25) is 0 Å². The fraction of sp³-hybridized carbons (Fsp3) is 0.833. The molecule has 0 bridgehead atoms. The van der Waals surface area contributed by atoms with Crippen molar-refractivity contribution in [2.45, 2.75) is 38.2 Å². The molecule has 3 rings (SSSR count). The zero-order chi connectivity index (χ0) is 8.84. The minimum absolute atomic E-state index is 0.0256. The van der Waals surface area contributed by atoms with Crippen LogP contribution < -0.4 is 0 Å². The van der Waals surface area contributed by atoms with Crippen LogP contribution in [0.1, 0.15) is 32.1 Å². The lowest BCUT2D eigenvalue weighted by Crippen LogP contribution is -2.31. The first-order valence-corrected chi connectivity index (χ1v) is 5.71. The first-order chi connectivity index (χ1) is 6.36. The van der Waals surface area contributed by atoms with Crippen LogP contribution >= 0.6 is 0 Å². The molecule has 3 aliphatic rings. The predicted molar refractivity (Wildman–Crippen MR) is 52.2 cm³/mol. The van der Waals surface area contributed by atoms with Crippen molar-refractivity contribution in [3.05, 3.63) is 12.2 Å². The Bertz CT molecular complexity index is 233. The summed E-state index contributed by atoms with van der Waals surface area (Å²) in [6.45, 7) is 0. The fourth-order valence-corrected chi connectivity index (χ4v) is 3.99. The Kier molecular flexibility index (Phi) is 1.76. The summed E-state index contributed by atoms with van der Waals surface area (Å²) in [5.74, 6) is 3.12. The maximum atomic E-state index is 9.94. The molecule has 0 radical (unpaired) electrons. The highest BCUT2D eigenvalue weighted by molar-refractivity contribution is 5.08. The van der Waals surface area contributed by atoms with Crippen molar-refractivity contribution in [1.82, 2.24) is 0 Å². The quantitative estimate of drug-likeness (QED) is 0.565. The predicted octanol–water partition coefficient (Wildman–Crippen LogP) is 2.36. The van der Waals surface area contributed by atoms with Crippen molar-refractivity contribution in [1.29, 1.82) is 0 Å². The average Bonchev–Trinajstić information content (AvgIpc) is 2.47. The molecule has 0 aromatic carbocycles. The van der Waals surface area contributed by atoms with Gasteiger partial charge in [0.2, 0.25) is 0 Å². The lowest BCUT2D eigenvalue weighted by molar-refractivity contribution is 0.0781. The molecule has 1 heteroatoms. The highest BCUT2D eigenvalue weighted by Crippen LogP contribution is 2.52. The van der Waals surface area contributed by atoms with Gasteiger partial charge in [0.05, 0.1) is 6.10 Å². The van der Waals surface area contributed by atoms with E-state index in [9.17, 15) is 5.11 Å². The van der Waals surface area contributed by atoms with E-state index in [2.05, 4.69) is 12.2 Å². The van der Waals surface area contributed by atoms with E-state index in [-0.39, 0.29) is 6.10 Å². The standard InChI is InChI=1S/C12H18O/c13-11-7-9-5-1-3-8-4-2-6-10(11)12(8)9/h1,3,8-13H,2,4-7H2. The Hall–Kier alpha value is -0.300. The normalized spacial score (nSPS) is 53.5. The van der Waals surface area contributed by atoms with Gasteiger partial charge < -0.3 is 5.11 Å². The Balaban J connectivity index is 1.92. The summed E-state index contributed by atoms with van der Waals surface area (Å²) in [4.78, 5) is 0. The van der Waals surface area contributed by atoms with Crippen LogP contribution in [0.5, 0.6) is 0 Å². The molecule has 1 N–H and O–H groups in total. The van der Waals surface area contributed by atoms with Crippen LogP contribution in [-0.2, 0) is 0 Å². The molecular formula is C12H18O. The van der Waals surface area contributed by atoms with Crippen molar-refractivity contribution < 1.29 is 5.11 Å². The van der Waals surface area contributed by atoms with Gasteiger partial charge in [0, 0.05) is 0 Å². The van der Waals surface area contributed by atoms with Crippen LogP contribution in [0.25, 0.3) is 0 Å². The zero-order valence-corrected chi connectivity index (χ0v) is 8.02. The highest BCUT2D eigenvalue weighted by atomic mass is 16.3. The molecule has 0 saturated heterocycles. The highest BCUT2D eigenvalue weighted by Gasteiger charge is 2.47. The summed E-state index contributed by atoms with van der Waals surface area (Å²) in [5, 5.41) is 9.94. The fourth-order valence-electron chi connectivity index (χ4n) is 3.99. The maximum absolute atomic E-state index is 9.94. The molecule has 13 heavy (non-hydrogen) atoms. The van der Waals surface area contributed by atoms with Gasteiger partial charge >= 0.3 is 0 Å². The van der Waals surface area contributed by atoms with Gasteiger partial charge in [0.15, 0.2) is 0 Å². The van der Waals surface area contributed by atoms with E-state index in [4.69, 9.17) is 0 Å². The average molecular weight is 178 g/mol. The summed E-state index contributed by atoms with van der Waals surface area (Å²) in [6, 6.07) is 0. The van der Waals surface area contributed by atoms with Gasteiger partial charge in [0.25, 0.3) is 0 Å². The van der Waals surface area contributed by atoms with E-state index in [0.29, 0.717) is 5.92 Å². The van der Waals surface area contributed by atoms with Gasteiger partial charge in [-0.15, -0.1) is 0 Å². The molecule has 0 heterocycles. The Morgan fingerprint density at radius 2 is 2.15 bits per heavy atom. The monoisotopic (exact) mass is 178 g/mol. The minimum atomic E-state index is 0.0256. The summed E-state index contributed by atoms with van der Waals surface area (Å²) < 4.78 is 0. The molecule has 0 aromatic heterocycles. The summed E-state index contributed by atoms with van der Waals surface area (Å²) >= 11 is 0. The molecule has 0 amide bonds. The van der Waals surface area contributed by atoms with Crippen molar-refractivity contribution in [3.8, 4) is 0 Å². The third kappa shape index (κ3) is 1.10. The van der Waals surface area contributed by atoms with Crippen LogP contribution in [0, 0.1) is 23.7 Å². The smallest absolute Gasteiger partial charge is 0.0574 e. The number of aliphatic hydroxyl groups is 1. The lowest BCUT2D eigenvalue weighted by Gasteiger charge is -2.38. The number of rotatable bonds is 0. The molecule has 2 saturated carbocycles. The van der Waals surface area contributed by atoms with E-state index >= 15 is 0 Å². The van der Waals surface area contributed by atoms with Crippen LogP contribution in [0.15, 0.2) is 12.2 Å². The van der Waals surface area contributed by atoms with Gasteiger partial charge in [-0.05, 0) is 49.4 Å². The number of hydrogen-bond donors (Lipinski definition) is 1. The molecule has 0 aliphatic heterocycles. The van der Waals surface area contributed by atoms with E-state index in [1.54, 1.807) is 0 Å². The second-order valence-corrected chi connectivity index (χ2v) is 5.06. The number of hydrogen-bond acceptors (Lipinski definition) is 1. The van der Waals surface area contributed by atoms with Gasteiger partial charge in [-0.2, -0.15) is 0 Å². The first-order valence-electron chi connectivity index (χ1n) is 5.71. The third-order valence-corrected chi connectivity index (χ3v) is 4.47. The van der Waals surface area contributed by atoms with Gasteiger partial charge in [-0.3, -0.25) is 0 Å². The Morgan fingerprint density at radius 1 is 1.23 bits per heavy atom. The molecule has 2 fully saturated rings.